The Morgan fingerprint density at radius 1 is 0.370 bits per heavy atom. The molecular formula is C48H92O6. The van der Waals surface area contributed by atoms with Gasteiger partial charge in [0.25, 0.3) is 0 Å². The maximum absolute atomic E-state index is 12.7. The lowest BCUT2D eigenvalue weighted by molar-refractivity contribution is -0.167. The third-order valence-corrected chi connectivity index (χ3v) is 11.4. The zero-order valence-corrected chi connectivity index (χ0v) is 37.0. The normalized spacial score (nSPS) is 13.2. The first-order chi connectivity index (χ1) is 26.2. The standard InChI is InChI=1S/C48H92O6/c1-7-43(5)35-29-23-17-11-9-10-12-19-25-31-37-46(49)52-40-45(41-53-47(50)38-32-26-21-15-16-22-28-34-42(3)4)54-48(51)39-33-27-20-14-13-18-24-30-36-44(6)8-2/h42-45H,7-41H2,1-6H3/t43?,44?,45-/m1/s1. The zero-order chi connectivity index (χ0) is 39.9. The maximum Gasteiger partial charge on any atom is 0.306 e. The van der Waals surface area contributed by atoms with Crippen molar-refractivity contribution in [1.82, 2.24) is 0 Å². The monoisotopic (exact) mass is 765 g/mol. The van der Waals surface area contributed by atoms with Crippen LogP contribution in [-0.2, 0) is 28.6 Å². The Labute approximate surface area is 336 Å². The van der Waals surface area contributed by atoms with Crippen LogP contribution in [-0.4, -0.2) is 37.2 Å². The lowest BCUT2D eigenvalue weighted by Crippen LogP contribution is -2.30. The van der Waals surface area contributed by atoms with E-state index in [1.54, 1.807) is 0 Å². The fraction of sp³-hybridized carbons (Fsp3) is 0.938. The molecule has 0 N–H and O–H groups in total. The fourth-order valence-corrected chi connectivity index (χ4v) is 6.99. The SMILES string of the molecule is CCC(C)CCCCCCCCCCCCC(=O)OC[C@H](COC(=O)CCCCCCCCCC(C)C)OC(=O)CCCCCCCCCCC(C)CC. The number of carbonyl (C=O) groups excluding carboxylic acids is 3. The van der Waals surface area contributed by atoms with E-state index < -0.39 is 6.10 Å². The molecule has 0 bridgehead atoms. The number of hydrogen-bond donors (Lipinski definition) is 0. The summed E-state index contributed by atoms with van der Waals surface area (Å²) in [4.78, 5) is 37.8. The van der Waals surface area contributed by atoms with Crippen molar-refractivity contribution in [3.05, 3.63) is 0 Å². The molecular weight excluding hydrogens is 673 g/mol. The molecule has 0 rings (SSSR count). The quantitative estimate of drug-likeness (QED) is 0.0350. The Kier molecular flexibility index (Phi) is 38.5. The van der Waals surface area contributed by atoms with Gasteiger partial charge < -0.3 is 14.2 Å². The molecule has 6 nitrogen and oxygen atoms in total. The summed E-state index contributed by atoms with van der Waals surface area (Å²) in [6.45, 7) is 13.7. The van der Waals surface area contributed by atoms with E-state index in [0.717, 1.165) is 75.5 Å². The zero-order valence-electron chi connectivity index (χ0n) is 37.0. The highest BCUT2D eigenvalue weighted by molar-refractivity contribution is 5.71. The van der Waals surface area contributed by atoms with Crippen LogP contribution in [0.25, 0.3) is 0 Å². The molecule has 0 aliphatic carbocycles. The number of unbranched alkanes of at least 4 members (excludes halogenated alkanes) is 22. The Bertz CT molecular complexity index is 841. The van der Waals surface area contributed by atoms with Crippen LogP contribution in [0, 0.1) is 17.8 Å². The second-order valence-corrected chi connectivity index (χ2v) is 17.4. The van der Waals surface area contributed by atoms with Gasteiger partial charge in [0.05, 0.1) is 0 Å². The molecule has 0 spiro atoms. The molecule has 0 aromatic rings. The number of carbonyl (C=O) groups is 3. The minimum absolute atomic E-state index is 0.0664. The maximum atomic E-state index is 12.7. The molecule has 0 heterocycles. The predicted octanol–water partition coefficient (Wildman–Crippen LogP) is 14.8. The summed E-state index contributed by atoms with van der Waals surface area (Å²) in [5.41, 5.74) is 0. The average Bonchev–Trinajstić information content (AvgIpc) is 3.15. The minimum atomic E-state index is -0.762. The van der Waals surface area contributed by atoms with Gasteiger partial charge in [-0.15, -0.1) is 0 Å². The van der Waals surface area contributed by atoms with Gasteiger partial charge >= 0.3 is 17.9 Å². The second-order valence-electron chi connectivity index (χ2n) is 17.4. The van der Waals surface area contributed by atoms with Crippen molar-refractivity contribution < 1.29 is 28.6 Å². The number of rotatable bonds is 41. The average molecular weight is 765 g/mol. The van der Waals surface area contributed by atoms with Crippen molar-refractivity contribution >= 4 is 17.9 Å². The molecule has 0 aliphatic heterocycles. The van der Waals surface area contributed by atoms with E-state index in [1.807, 2.05) is 0 Å². The molecule has 6 heteroatoms. The lowest BCUT2D eigenvalue weighted by atomic mass is 9.99. The van der Waals surface area contributed by atoms with E-state index >= 15 is 0 Å². The van der Waals surface area contributed by atoms with Crippen molar-refractivity contribution in [2.45, 2.75) is 260 Å². The number of hydrogen-bond acceptors (Lipinski definition) is 6. The van der Waals surface area contributed by atoms with Gasteiger partial charge in [0.2, 0.25) is 0 Å². The van der Waals surface area contributed by atoms with Gasteiger partial charge in [-0.05, 0) is 37.0 Å². The van der Waals surface area contributed by atoms with E-state index in [0.29, 0.717) is 19.3 Å². The van der Waals surface area contributed by atoms with Gasteiger partial charge in [-0.25, -0.2) is 0 Å². The van der Waals surface area contributed by atoms with Gasteiger partial charge in [0.15, 0.2) is 6.10 Å². The molecule has 320 valence electrons. The van der Waals surface area contributed by atoms with Crippen LogP contribution in [0.3, 0.4) is 0 Å². The van der Waals surface area contributed by atoms with Crippen molar-refractivity contribution in [2.75, 3.05) is 13.2 Å². The molecule has 0 radical (unpaired) electrons. The summed E-state index contributed by atoms with van der Waals surface area (Å²) in [6.07, 6.45) is 36.5. The number of esters is 3. The third-order valence-electron chi connectivity index (χ3n) is 11.4. The summed E-state index contributed by atoms with van der Waals surface area (Å²) in [5, 5.41) is 0. The summed E-state index contributed by atoms with van der Waals surface area (Å²) in [7, 11) is 0. The van der Waals surface area contributed by atoms with Crippen molar-refractivity contribution in [3.63, 3.8) is 0 Å². The van der Waals surface area contributed by atoms with E-state index in [4.69, 9.17) is 14.2 Å². The Balaban J connectivity index is 4.35. The van der Waals surface area contributed by atoms with Crippen molar-refractivity contribution in [3.8, 4) is 0 Å². The van der Waals surface area contributed by atoms with E-state index in [2.05, 4.69) is 41.5 Å². The van der Waals surface area contributed by atoms with Gasteiger partial charge in [-0.1, -0.05) is 215 Å². The van der Waals surface area contributed by atoms with Crippen LogP contribution < -0.4 is 0 Å². The first-order valence-electron chi connectivity index (χ1n) is 23.7. The summed E-state index contributed by atoms with van der Waals surface area (Å²) < 4.78 is 16.7. The number of ether oxygens (including phenoxy) is 3. The second kappa shape index (κ2) is 39.6. The van der Waals surface area contributed by atoms with Gasteiger partial charge in [0, 0.05) is 19.3 Å². The highest BCUT2D eigenvalue weighted by Gasteiger charge is 2.19. The molecule has 0 aromatic heterocycles. The first-order valence-corrected chi connectivity index (χ1v) is 23.7. The molecule has 0 aliphatic rings. The van der Waals surface area contributed by atoms with Crippen molar-refractivity contribution in [2.24, 2.45) is 17.8 Å². The highest BCUT2D eigenvalue weighted by atomic mass is 16.6. The Morgan fingerprint density at radius 3 is 0.963 bits per heavy atom. The molecule has 0 aromatic carbocycles. The topological polar surface area (TPSA) is 78.9 Å². The van der Waals surface area contributed by atoms with E-state index in [9.17, 15) is 14.4 Å². The molecule has 2 unspecified atom stereocenters. The smallest absolute Gasteiger partial charge is 0.306 e. The van der Waals surface area contributed by atoms with Crippen LogP contribution >= 0.6 is 0 Å². The van der Waals surface area contributed by atoms with Crippen LogP contribution in [0.15, 0.2) is 0 Å². The van der Waals surface area contributed by atoms with Gasteiger partial charge in [0.1, 0.15) is 13.2 Å². The molecule has 0 saturated heterocycles. The van der Waals surface area contributed by atoms with Crippen LogP contribution in [0.2, 0.25) is 0 Å². The van der Waals surface area contributed by atoms with Crippen LogP contribution in [0.1, 0.15) is 253 Å². The Hall–Kier alpha value is -1.59. The third kappa shape index (κ3) is 38.7. The van der Waals surface area contributed by atoms with Gasteiger partial charge in [-0.2, -0.15) is 0 Å². The fourth-order valence-electron chi connectivity index (χ4n) is 6.99. The van der Waals surface area contributed by atoms with Gasteiger partial charge in [-0.3, -0.25) is 14.4 Å². The molecule has 54 heavy (non-hydrogen) atoms. The summed E-state index contributed by atoms with van der Waals surface area (Å²) in [6, 6.07) is 0. The van der Waals surface area contributed by atoms with Crippen molar-refractivity contribution in [1.29, 1.82) is 0 Å². The molecule has 0 saturated carbocycles. The van der Waals surface area contributed by atoms with E-state index in [-0.39, 0.29) is 31.1 Å². The predicted molar refractivity (Wildman–Crippen MR) is 229 cm³/mol. The Morgan fingerprint density at radius 2 is 0.648 bits per heavy atom. The lowest BCUT2D eigenvalue weighted by Gasteiger charge is -2.18. The van der Waals surface area contributed by atoms with Crippen LogP contribution in [0.4, 0.5) is 0 Å². The summed E-state index contributed by atoms with van der Waals surface area (Å²) >= 11 is 0. The molecule has 0 fully saturated rings. The minimum Gasteiger partial charge on any atom is -0.462 e. The van der Waals surface area contributed by atoms with E-state index in [1.165, 1.54) is 135 Å². The highest BCUT2D eigenvalue weighted by Crippen LogP contribution is 2.18. The van der Waals surface area contributed by atoms with Crippen LogP contribution in [0.5, 0.6) is 0 Å². The largest absolute Gasteiger partial charge is 0.462 e. The first kappa shape index (κ1) is 52.4. The molecule has 3 atom stereocenters. The summed E-state index contributed by atoms with van der Waals surface area (Å²) in [5.74, 6) is 1.63. The molecule has 0 amide bonds.